The minimum absolute atomic E-state index is 0.219. The summed E-state index contributed by atoms with van der Waals surface area (Å²) in [6, 6.07) is 10.2. The molecule has 0 bridgehead atoms. The average molecular weight is 490 g/mol. The normalized spacial score (nSPS) is 14.7. The smallest absolute Gasteiger partial charge is 0.460 e. The molecule has 2 rings (SSSR count). The molecule has 0 N–H and O–H groups in total. The quantitative estimate of drug-likeness (QED) is 0.352. The molecular weight excluding hydrogens is 479 g/mol. The van der Waals surface area contributed by atoms with Gasteiger partial charge in [0.2, 0.25) is 0 Å². The van der Waals surface area contributed by atoms with Gasteiger partial charge in [0.25, 0.3) is 0 Å². The Morgan fingerprint density at radius 3 is 1.59 bits per heavy atom. The van der Waals surface area contributed by atoms with Crippen molar-refractivity contribution in [2.75, 3.05) is 6.61 Å². The Labute approximate surface area is 170 Å². The highest BCUT2D eigenvalue weighted by Gasteiger charge is 2.90. The summed E-state index contributed by atoms with van der Waals surface area (Å²) in [5.41, 5.74) is 0. The van der Waals surface area contributed by atoms with Gasteiger partial charge in [0, 0.05) is 0 Å². The van der Waals surface area contributed by atoms with Gasteiger partial charge in [-0.05, 0) is 22.9 Å². The number of hydrogen-bond donors (Lipinski definition) is 0. The van der Waals surface area contributed by atoms with Gasteiger partial charge < -0.3 is 4.74 Å². The number of fused-ring (bicyclic) bond motifs is 1. The van der Waals surface area contributed by atoms with Crippen LogP contribution in [0, 0.1) is 0 Å². The lowest BCUT2D eigenvalue weighted by molar-refractivity contribution is -0.440. The van der Waals surface area contributed by atoms with E-state index in [0.717, 1.165) is 0 Å². The molecular formula is C18H11F13O. The molecule has 1 nitrogen and oxygen atoms in total. The summed E-state index contributed by atoms with van der Waals surface area (Å²) in [5, 5.41) is 1.13. The van der Waals surface area contributed by atoms with Crippen molar-refractivity contribution < 1.29 is 61.8 Å². The maximum atomic E-state index is 13.7. The predicted molar refractivity (Wildman–Crippen MR) is 84.9 cm³/mol. The molecule has 0 saturated heterocycles. The van der Waals surface area contributed by atoms with E-state index in [1.54, 1.807) is 18.2 Å². The van der Waals surface area contributed by atoms with E-state index in [9.17, 15) is 57.1 Å². The molecule has 0 amide bonds. The molecule has 14 heteroatoms. The van der Waals surface area contributed by atoms with E-state index < -0.39 is 48.8 Å². The number of hydrogen-bond acceptors (Lipinski definition) is 1. The van der Waals surface area contributed by atoms with Crippen molar-refractivity contribution in [2.45, 2.75) is 42.2 Å². The lowest BCUT2D eigenvalue weighted by Crippen LogP contribution is -2.70. The molecule has 0 heterocycles. The van der Waals surface area contributed by atoms with E-state index in [2.05, 4.69) is 0 Å². The van der Waals surface area contributed by atoms with E-state index in [1.807, 2.05) is 0 Å². The Morgan fingerprint density at radius 2 is 1.06 bits per heavy atom. The molecule has 0 radical (unpaired) electrons. The molecule has 180 valence electrons. The monoisotopic (exact) mass is 490 g/mol. The maximum absolute atomic E-state index is 13.7. The molecule has 0 aliphatic heterocycles. The van der Waals surface area contributed by atoms with E-state index in [0.29, 0.717) is 10.8 Å². The first-order chi connectivity index (χ1) is 14.3. The fourth-order valence-electron chi connectivity index (χ4n) is 2.51. The van der Waals surface area contributed by atoms with Gasteiger partial charge >= 0.3 is 35.8 Å². The van der Waals surface area contributed by atoms with Crippen molar-refractivity contribution in [3.63, 3.8) is 0 Å². The first kappa shape index (κ1) is 25.8. The predicted octanol–water partition coefficient (Wildman–Crippen LogP) is 7.35. The highest BCUT2D eigenvalue weighted by atomic mass is 19.4. The maximum Gasteiger partial charge on any atom is 0.460 e. The third-order valence-electron chi connectivity index (χ3n) is 4.40. The molecule has 0 spiro atoms. The molecule has 0 atom stereocenters. The minimum Gasteiger partial charge on any atom is -0.493 e. The molecule has 0 aromatic heterocycles. The van der Waals surface area contributed by atoms with Gasteiger partial charge in [-0.15, -0.1) is 0 Å². The summed E-state index contributed by atoms with van der Waals surface area (Å²) in [6.07, 6.45) is -9.83. The third kappa shape index (κ3) is 4.03. The van der Waals surface area contributed by atoms with Crippen molar-refractivity contribution in [3.8, 4) is 5.75 Å². The number of alkyl halides is 13. The van der Waals surface area contributed by atoms with Gasteiger partial charge in [-0.2, -0.15) is 57.1 Å². The van der Waals surface area contributed by atoms with E-state index in [-0.39, 0.29) is 5.75 Å². The Kier molecular flexibility index (Phi) is 6.36. The molecule has 32 heavy (non-hydrogen) atoms. The number of halogens is 13. The van der Waals surface area contributed by atoms with Gasteiger partial charge in [-0.25, -0.2) is 0 Å². The lowest BCUT2D eigenvalue weighted by Gasteiger charge is -2.39. The van der Waals surface area contributed by atoms with Crippen LogP contribution in [0.3, 0.4) is 0 Å². The molecule has 2 aromatic rings. The van der Waals surface area contributed by atoms with Gasteiger partial charge in [-0.3, -0.25) is 0 Å². The topological polar surface area (TPSA) is 9.23 Å². The van der Waals surface area contributed by atoms with Crippen molar-refractivity contribution in [1.29, 1.82) is 0 Å². The largest absolute Gasteiger partial charge is 0.493 e. The summed E-state index contributed by atoms with van der Waals surface area (Å²) < 4.78 is 174. The summed E-state index contributed by atoms with van der Waals surface area (Å²) in [5.74, 6) is -37.1. The Hall–Kier alpha value is -2.41. The van der Waals surface area contributed by atoms with Gasteiger partial charge in [-0.1, -0.05) is 30.3 Å². The zero-order chi connectivity index (χ0) is 24.8. The van der Waals surface area contributed by atoms with E-state index in [1.165, 1.54) is 24.3 Å². The molecule has 2 aromatic carbocycles. The number of rotatable bonds is 8. The van der Waals surface area contributed by atoms with Crippen molar-refractivity contribution >= 4 is 10.8 Å². The zero-order valence-electron chi connectivity index (χ0n) is 15.3. The molecule has 0 aliphatic rings. The standard InChI is InChI=1S/C18H11F13O/c19-13(20,7-8-32-12-6-5-10-3-1-2-4-11(10)9-12)14(21,22)15(23,24)16(25,26)17(27,28)18(29,30)31/h1-6,9H,7-8H2. The van der Waals surface area contributed by atoms with Crippen LogP contribution in [-0.2, 0) is 0 Å². The van der Waals surface area contributed by atoms with Crippen LogP contribution < -0.4 is 4.74 Å². The first-order valence-corrected chi connectivity index (χ1v) is 8.37. The van der Waals surface area contributed by atoms with Crippen LogP contribution in [0.5, 0.6) is 5.75 Å². The van der Waals surface area contributed by atoms with Crippen molar-refractivity contribution in [1.82, 2.24) is 0 Å². The molecule has 0 unspecified atom stereocenters. The summed E-state index contributed by atoms with van der Waals surface area (Å²) in [6.45, 7) is -1.49. The molecule has 0 fully saturated rings. The zero-order valence-corrected chi connectivity index (χ0v) is 15.3. The summed E-state index contributed by atoms with van der Waals surface area (Å²) >= 11 is 0. The van der Waals surface area contributed by atoms with Crippen LogP contribution in [-0.4, -0.2) is 42.4 Å². The SMILES string of the molecule is FC(F)(F)C(F)(F)C(F)(F)C(F)(F)C(F)(F)C(F)(F)CCOc1ccc2ccccc2c1. The summed E-state index contributed by atoms with van der Waals surface area (Å²) in [4.78, 5) is 0. The summed E-state index contributed by atoms with van der Waals surface area (Å²) in [7, 11) is 0. The Balaban J connectivity index is 2.22. The van der Waals surface area contributed by atoms with Crippen LogP contribution in [0.1, 0.15) is 6.42 Å². The fourth-order valence-corrected chi connectivity index (χ4v) is 2.51. The second kappa shape index (κ2) is 7.87. The number of ether oxygens (including phenoxy) is 1. The highest BCUT2D eigenvalue weighted by Crippen LogP contribution is 2.60. The second-order valence-corrected chi connectivity index (χ2v) is 6.61. The van der Waals surface area contributed by atoms with Crippen LogP contribution in [0.2, 0.25) is 0 Å². The van der Waals surface area contributed by atoms with E-state index >= 15 is 0 Å². The number of benzene rings is 2. The highest BCUT2D eigenvalue weighted by molar-refractivity contribution is 5.83. The lowest BCUT2D eigenvalue weighted by atomic mass is 9.93. The van der Waals surface area contributed by atoms with E-state index in [4.69, 9.17) is 4.74 Å². The molecule has 0 aliphatic carbocycles. The van der Waals surface area contributed by atoms with Crippen molar-refractivity contribution in [3.05, 3.63) is 42.5 Å². The van der Waals surface area contributed by atoms with Crippen LogP contribution >= 0.6 is 0 Å². The second-order valence-electron chi connectivity index (χ2n) is 6.61. The Morgan fingerprint density at radius 1 is 0.562 bits per heavy atom. The average Bonchev–Trinajstić information content (AvgIpc) is 2.66. The Bertz CT molecular complexity index is 949. The van der Waals surface area contributed by atoms with Gasteiger partial charge in [0.15, 0.2) is 0 Å². The minimum atomic E-state index is -7.90. The molecule has 0 saturated carbocycles. The third-order valence-corrected chi connectivity index (χ3v) is 4.40. The fraction of sp³-hybridized carbons (Fsp3) is 0.444. The van der Waals surface area contributed by atoms with Crippen molar-refractivity contribution in [2.24, 2.45) is 0 Å². The first-order valence-electron chi connectivity index (χ1n) is 8.37. The van der Waals surface area contributed by atoms with Crippen LogP contribution in [0.15, 0.2) is 42.5 Å². The van der Waals surface area contributed by atoms with Gasteiger partial charge in [0.05, 0.1) is 13.0 Å². The van der Waals surface area contributed by atoms with Crippen LogP contribution in [0.25, 0.3) is 10.8 Å². The van der Waals surface area contributed by atoms with Gasteiger partial charge in [0.1, 0.15) is 5.75 Å². The van der Waals surface area contributed by atoms with Crippen LogP contribution in [0.4, 0.5) is 57.1 Å².